The van der Waals surface area contributed by atoms with Gasteiger partial charge in [-0.1, -0.05) is 54.1 Å². The average Bonchev–Trinajstić information content (AvgIpc) is 2.72. The Bertz CT molecular complexity index is 993. The van der Waals surface area contributed by atoms with Crippen molar-refractivity contribution >= 4 is 16.0 Å². The van der Waals surface area contributed by atoms with Gasteiger partial charge in [0.25, 0.3) is 0 Å². The fourth-order valence-electron chi connectivity index (χ4n) is 3.21. The van der Waals surface area contributed by atoms with E-state index in [0.29, 0.717) is 12.8 Å². The van der Waals surface area contributed by atoms with Gasteiger partial charge in [-0.2, -0.15) is 4.31 Å². The van der Waals surface area contributed by atoms with E-state index in [9.17, 15) is 18.3 Å². The lowest BCUT2D eigenvalue weighted by molar-refractivity contribution is -0.148. The van der Waals surface area contributed by atoms with Crippen molar-refractivity contribution in [3.8, 4) is 0 Å². The molecule has 2 rings (SSSR count). The number of rotatable bonds is 10. The molecule has 0 spiro atoms. The number of carbonyl (C=O) groups excluding carboxylic acids is 1. The van der Waals surface area contributed by atoms with Gasteiger partial charge in [-0.3, -0.25) is 0 Å². The largest absolute Gasteiger partial charge is 0.457 e. The lowest BCUT2D eigenvalue weighted by Gasteiger charge is -2.29. The van der Waals surface area contributed by atoms with Gasteiger partial charge >= 0.3 is 5.97 Å². The number of nitrogens with zero attached hydrogens (tertiary/aromatic N) is 1. The molecule has 32 heavy (non-hydrogen) atoms. The summed E-state index contributed by atoms with van der Waals surface area (Å²) in [5.74, 6) is -0.478. The molecule has 0 amide bonds. The summed E-state index contributed by atoms with van der Waals surface area (Å²) in [6, 6.07) is 15.5. The summed E-state index contributed by atoms with van der Waals surface area (Å²) in [7, 11) is -3.86. The maximum absolute atomic E-state index is 13.4. The van der Waals surface area contributed by atoms with Gasteiger partial charge in [-0.15, -0.1) is 0 Å². The Kier molecular flexibility index (Phi) is 9.19. The van der Waals surface area contributed by atoms with Crippen molar-refractivity contribution in [1.29, 1.82) is 0 Å². The number of esters is 1. The molecule has 0 saturated carbocycles. The zero-order chi connectivity index (χ0) is 23.8. The van der Waals surface area contributed by atoms with Crippen molar-refractivity contribution < 1.29 is 23.1 Å². The molecule has 0 aliphatic carbocycles. The second-order valence-electron chi connectivity index (χ2n) is 8.68. The van der Waals surface area contributed by atoms with E-state index in [-0.39, 0.29) is 18.0 Å². The van der Waals surface area contributed by atoms with Crippen molar-refractivity contribution in [2.24, 2.45) is 0 Å². The van der Waals surface area contributed by atoms with E-state index in [2.05, 4.69) is 0 Å². The van der Waals surface area contributed by atoms with Crippen LogP contribution in [0.5, 0.6) is 0 Å². The lowest BCUT2D eigenvalue weighted by atomic mass is 10.1. The van der Waals surface area contributed by atoms with Crippen LogP contribution in [0.2, 0.25) is 0 Å². The normalized spacial score (nSPS) is 13.4. The van der Waals surface area contributed by atoms with E-state index < -0.39 is 27.6 Å². The van der Waals surface area contributed by atoms with E-state index in [1.807, 2.05) is 37.3 Å². The maximum Gasteiger partial charge on any atom is 0.330 e. The molecular formula is C25H33NO5S. The fraction of sp³-hybridized carbons (Fsp3) is 0.400. The molecule has 1 N–H and O–H groups in total. The Morgan fingerprint density at radius 2 is 1.72 bits per heavy atom. The Hall–Kier alpha value is -2.48. The van der Waals surface area contributed by atoms with Crippen LogP contribution in [0, 0.1) is 6.92 Å². The first kappa shape index (κ1) is 25.8. The predicted molar refractivity (Wildman–Crippen MR) is 126 cm³/mol. The Morgan fingerprint density at radius 3 is 2.28 bits per heavy atom. The minimum absolute atomic E-state index is 0.119. The van der Waals surface area contributed by atoms with Crippen molar-refractivity contribution in [3.05, 3.63) is 77.9 Å². The monoisotopic (exact) mass is 459 g/mol. The van der Waals surface area contributed by atoms with Crippen LogP contribution in [0.15, 0.2) is 71.6 Å². The van der Waals surface area contributed by atoms with Crippen molar-refractivity contribution in [2.45, 2.75) is 57.1 Å². The highest BCUT2D eigenvalue weighted by Crippen LogP contribution is 2.22. The molecule has 6 nitrogen and oxygen atoms in total. The Balaban J connectivity index is 2.25. The third kappa shape index (κ3) is 7.89. The van der Waals surface area contributed by atoms with E-state index in [1.165, 1.54) is 10.4 Å². The van der Waals surface area contributed by atoms with E-state index in [4.69, 9.17) is 4.74 Å². The molecule has 0 unspecified atom stereocenters. The molecule has 0 saturated heterocycles. The quantitative estimate of drug-likeness (QED) is 0.431. The SMILES string of the molecule is Cc1ccc(S(=O)(=O)N(CC/C=C/C(=O)OC(C)(C)C)[C@H](CO)Cc2ccccc2)cc1. The minimum atomic E-state index is -3.86. The second-order valence-corrected chi connectivity index (χ2v) is 10.6. The van der Waals surface area contributed by atoms with Crippen LogP contribution in [0.4, 0.5) is 0 Å². The number of benzene rings is 2. The van der Waals surface area contributed by atoms with Gasteiger partial charge < -0.3 is 9.84 Å². The van der Waals surface area contributed by atoms with Crippen LogP contribution in [-0.4, -0.2) is 48.6 Å². The molecule has 0 fully saturated rings. The van der Waals surface area contributed by atoms with E-state index >= 15 is 0 Å². The Labute approximate surface area is 191 Å². The number of sulfonamides is 1. The van der Waals surface area contributed by atoms with E-state index in [0.717, 1.165) is 11.1 Å². The molecule has 0 aliphatic rings. The first-order valence-electron chi connectivity index (χ1n) is 10.7. The summed E-state index contributed by atoms with van der Waals surface area (Å²) >= 11 is 0. The first-order chi connectivity index (χ1) is 15.0. The van der Waals surface area contributed by atoms with E-state index in [1.54, 1.807) is 51.1 Å². The van der Waals surface area contributed by atoms with Crippen molar-refractivity contribution in [2.75, 3.05) is 13.2 Å². The molecule has 7 heteroatoms. The van der Waals surface area contributed by atoms with Crippen LogP contribution in [0.25, 0.3) is 0 Å². The second kappa shape index (κ2) is 11.4. The third-order valence-corrected chi connectivity index (χ3v) is 6.70. The van der Waals surface area contributed by atoms with Gasteiger partial charge in [0.2, 0.25) is 10.0 Å². The summed E-state index contributed by atoms with van der Waals surface area (Å²) in [5, 5.41) is 10.1. The van der Waals surface area contributed by atoms with Gasteiger partial charge in [0.15, 0.2) is 0 Å². The molecular weight excluding hydrogens is 426 g/mol. The van der Waals surface area contributed by atoms with Crippen LogP contribution in [0.1, 0.15) is 38.3 Å². The number of ether oxygens (including phenoxy) is 1. The molecule has 2 aromatic carbocycles. The fourth-order valence-corrected chi connectivity index (χ4v) is 4.84. The van der Waals surface area contributed by atoms with Crippen molar-refractivity contribution in [3.63, 3.8) is 0 Å². The molecule has 0 aromatic heterocycles. The standard InChI is InChI=1S/C25H33NO5S/c1-20-13-15-23(16-14-20)32(29,30)26(17-9-8-12-24(28)31-25(2,3)4)22(19-27)18-21-10-6-5-7-11-21/h5-8,10-16,22,27H,9,17-19H2,1-4H3/b12-8+/t22-/m0/s1. The van der Waals surface area contributed by atoms with Gasteiger partial charge in [0.05, 0.1) is 17.5 Å². The zero-order valence-corrected chi connectivity index (χ0v) is 20.0. The maximum atomic E-state index is 13.4. The highest BCUT2D eigenvalue weighted by molar-refractivity contribution is 7.89. The number of hydrogen-bond donors (Lipinski definition) is 1. The highest BCUT2D eigenvalue weighted by Gasteiger charge is 2.30. The number of hydrogen-bond acceptors (Lipinski definition) is 5. The van der Waals surface area contributed by atoms with Crippen LogP contribution in [0.3, 0.4) is 0 Å². The molecule has 174 valence electrons. The summed E-state index contributed by atoms with van der Waals surface area (Å²) in [5.41, 5.74) is 1.29. The lowest BCUT2D eigenvalue weighted by Crippen LogP contribution is -2.44. The number of aliphatic hydroxyl groups is 1. The molecule has 2 aromatic rings. The summed E-state index contributed by atoms with van der Waals surface area (Å²) < 4.78 is 33.5. The predicted octanol–water partition coefficient (Wildman–Crippen LogP) is 3.88. The van der Waals surface area contributed by atoms with Crippen molar-refractivity contribution in [1.82, 2.24) is 4.31 Å². The average molecular weight is 460 g/mol. The topological polar surface area (TPSA) is 83.9 Å². The third-order valence-electron chi connectivity index (χ3n) is 4.74. The highest BCUT2D eigenvalue weighted by atomic mass is 32.2. The summed E-state index contributed by atoms with van der Waals surface area (Å²) in [6.45, 7) is 7.03. The van der Waals surface area contributed by atoms with Gasteiger partial charge in [-0.25, -0.2) is 13.2 Å². The van der Waals surface area contributed by atoms with Crippen LogP contribution < -0.4 is 0 Å². The summed E-state index contributed by atoms with van der Waals surface area (Å²) in [4.78, 5) is 12.1. The van der Waals surface area contributed by atoms with Crippen LogP contribution in [-0.2, 0) is 26.0 Å². The molecule has 0 heterocycles. The zero-order valence-electron chi connectivity index (χ0n) is 19.2. The number of aliphatic hydroxyl groups excluding tert-OH is 1. The molecule has 0 bridgehead atoms. The number of carbonyl (C=O) groups is 1. The Morgan fingerprint density at radius 1 is 1.09 bits per heavy atom. The molecule has 0 radical (unpaired) electrons. The summed E-state index contributed by atoms with van der Waals surface area (Å²) in [6.07, 6.45) is 3.59. The molecule has 0 aliphatic heterocycles. The number of aryl methyl sites for hydroxylation is 1. The first-order valence-corrected chi connectivity index (χ1v) is 12.1. The minimum Gasteiger partial charge on any atom is -0.457 e. The van der Waals surface area contributed by atoms with Gasteiger partial charge in [0.1, 0.15) is 5.60 Å². The molecule has 1 atom stereocenters. The van der Waals surface area contributed by atoms with Gasteiger partial charge in [-0.05, 0) is 58.2 Å². The van der Waals surface area contributed by atoms with Crippen LogP contribution >= 0.6 is 0 Å². The smallest absolute Gasteiger partial charge is 0.330 e. The van der Waals surface area contributed by atoms with Gasteiger partial charge in [0, 0.05) is 12.6 Å².